The molecule has 1 aliphatic carbocycles. The number of hydrogen-bond donors (Lipinski definition) is 1. The Hall–Kier alpha value is -0.570. The number of rotatable bonds is 9. The SMILES string of the molecule is CC(C)CN(C(=O)CCCCCCN)C1CC1. The molecule has 0 aromatic carbocycles. The zero-order valence-electron chi connectivity index (χ0n) is 11.5. The predicted molar refractivity (Wildman–Crippen MR) is 71.7 cm³/mol. The van der Waals surface area contributed by atoms with Crippen molar-refractivity contribution in [2.24, 2.45) is 11.7 Å². The van der Waals surface area contributed by atoms with Crippen LogP contribution in [-0.4, -0.2) is 29.9 Å². The van der Waals surface area contributed by atoms with E-state index in [-0.39, 0.29) is 0 Å². The summed E-state index contributed by atoms with van der Waals surface area (Å²) in [5, 5.41) is 0. The number of carbonyl (C=O) groups excluding carboxylic acids is 1. The van der Waals surface area contributed by atoms with E-state index in [0.29, 0.717) is 17.9 Å². The Morgan fingerprint density at radius 3 is 2.41 bits per heavy atom. The molecule has 0 atom stereocenters. The average molecular weight is 240 g/mol. The van der Waals surface area contributed by atoms with Gasteiger partial charge in [0.05, 0.1) is 0 Å². The molecule has 1 amide bonds. The lowest BCUT2D eigenvalue weighted by molar-refractivity contribution is -0.132. The molecule has 100 valence electrons. The first-order valence-corrected chi connectivity index (χ1v) is 7.14. The van der Waals surface area contributed by atoms with Gasteiger partial charge in [-0.3, -0.25) is 4.79 Å². The van der Waals surface area contributed by atoms with Gasteiger partial charge in [-0.05, 0) is 38.1 Å². The zero-order valence-corrected chi connectivity index (χ0v) is 11.5. The molecule has 0 radical (unpaired) electrons. The fourth-order valence-electron chi connectivity index (χ4n) is 2.15. The van der Waals surface area contributed by atoms with Gasteiger partial charge in [0.2, 0.25) is 5.91 Å². The van der Waals surface area contributed by atoms with Gasteiger partial charge >= 0.3 is 0 Å². The van der Waals surface area contributed by atoms with E-state index in [1.54, 1.807) is 0 Å². The Kier molecular flexibility index (Phi) is 6.56. The summed E-state index contributed by atoms with van der Waals surface area (Å²) in [4.78, 5) is 14.2. The highest BCUT2D eigenvalue weighted by atomic mass is 16.2. The second-order valence-electron chi connectivity index (χ2n) is 5.62. The quantitative estimate of drug-likeness (QED) is 0.630. The van der Waals surface area contributed by atoms with E-state index in [1.165, 1.54) is 12.8 Å². The van der Waals surface area contributed by atoms with Crippen molar-refractivity contribution in [3.8, 4) is 0 Å². The van der Waals surface area contributed by atoms with Crippen LogP contribution in [-0.2, 0) is 4.79 Å². The second kappa shape index (κ2) is 7.70. The summed E-state index contributed by atoms with van der Waals surface area (Å²) in [6.45, 7) is 6.08. The van der Waals surface area contributed by atoms with E-state index >= 15 is 0 Å². The van der Waals surface area contributed by atoms with Gasteiger partial charge in [0, 0.05) is 19.0 Å². The molecule has 0 aromatic heterocycles. The molecule has 0 spiro atoms. The lowest BCUT2D eigenvalue weighted by Crippen LogP contribution is -2.35. The molecule has 17 heavy (non-hydrogen) atoms. The summed E-state index contributed by atoms with van der Waals surface area (Å²) < 4.78 is 0. The summed E-state index contributed by atoms with van der Waals surface area (Å²) in [5.41, 5.74) is 5.45. The highest BCUT2D eigenvalue weighted by molar-refractivity contribution is 5.76. The third-order valence-electron chi connectivity index (χ3n) is 3.21. The number of nitrogens with two attached hydrogens (primary N) is 1. The van der Waals surface area contributed by atoms with Crippen molar-refractivity contribution in [2.45, 2.75) is 64.8 Å². The maximum absolute atomic E-state index is 12.1. The van der Waals surface area contributed by atoms with Crippen molar-refractivity contribution in [3.63, 3.8) is 0 Å². The molecule has 1 saturated carbocycles. The van der Waals surface area contributed by atoms with E-state index < -0.39 is 0 Å². The van der Waals surface area contributed by atoms with Crippen molar-refractivity contribution in [3.05, 3.63) is 0 Å². The number of hydrogen-bond acceptors (Lipinski definition) is 2. The van der Waals surface area contributed by atoms with Crippen LogP contribution in [0.4, 0.5) is 0 Å². The maximum atomic E-state index is 12.1. The summed E-state index contributed by atoms with van der Waals surface area (Å²) in [5.74, 6) is 0.950. The van der Waals surface area contributed by atoms with E-state index in [9.17, 15) is 4.79 Å². The van der Waals surface area contributed by atoms with Gasteiger partial charge in [-0.1, -0.05) is 26.7 Å². The van der Waals surface area contributed by atoms with Crippen LogP contribution in [0.25, 0.3) is 0 Å². The molecule has 0 aromatic rings. The number of nitrogens with zero attached hydrogens (tertiary/aromatic N) is 1. The molecule has 0 heterocycles. The fourth-order valence-corrected chi connectivity index (χ4v) is 2.15. The number of amides is 1. The highest BCUT2D eigenvalue weighted by Gasteiger charge is 2.32. The van der Waals surface area contributed by atoms with Crippen LogP contribution >= 0.6 is 0 Å². The van der Waals surface area contributed by atoms with Crippen LogP contribution in [0, 0.1) is 5.92 Å². The molecule has 3 heteroatoms. The third-order valence-corrected chi connectivity index (χ3v) is 3.21. The Morgan fingerprint density at radius 1 is 1.24 bits per heavy atom. The molecule has 0 unspecified atom stereocenters. The molecular formula is C14H28N2O. The Labute approximate surface area is 106 Å². The van der Waals surface area contributed by atoms with Crippen LogP contribution in [0.1, 0.15) is 58.8 Å². The summed E-state index contributed by atoms with van der Waals surface area (Å²) in [6, 6.07) is 0.564. The smallest absolute Gasteiger partial charge is 0.222 e. The van der Waals surface area contributed by atoms with Gasteiger partial charge in [0.15, 0.2) is 0 Å². The molecule has 1 rings (SSSR count). The van der Waals surface area contributed by atoms with E-state index in [1.807, 2.05) is 0 Å². The zero-order chi connectivity index (χ0) is 12.7. The topological polar surface area (TPSA) is 46.3 Å². The first-order valence-electron chi connectivity index (χ1n) is 7.14. The van der Waals surface area contributed by atoms with E-state index in [0.717, 1.165) is 45.2 Å². The van der Waals surface area contributed by atoms with Gasteiger partial charge in [0.1, 0.15) is 0 Å². The van der Waals surface area contributed by atoms with Crippen LogP contribution < -0.4 is 5.73 Å². The van der Waals surface area contributed by atoms with Crippen molar-refractivity contribution in [1.29, 1.82) is 0 Å². The number of carbonyl (C=O) groups is 1. The molecule has 0 bridgehead atoms. The lowest BCUT2D eigenvalue weighted by atomic mass is 10.1. The molecule has 2 N–H and O–H groups in total. The van der Waals surface area contributed by atoms with E-state index in [2.05, 4.69) is 18.7 Å². The lowest BCUT2D eigenvalue weighted by Gasteiger charge is -2.24. The number of unbranched alkanes of at least 4 members (excludes halogenated alkanes) is 3. The average Bonchev–Trinajstić information content (AvgIpc) is 3.09. The van der Waals surface area contributed by atoms with Crippen LogP contribution in [0.15, 0.2) is 0 Å². The largest absolute Gasteiger partial charge is 0.339 e. The third kappa shape index (κ3) is 6.06. The summed E-state index contributed by atoms with van der Waals surface area (Å²) in [7, 11) is 0. The fraction of sp³-hybridized carbons (Fsp3) is 0.929. The Bertz CT molecular complexity index is 224. The summed E-state index contributed by atoms with van der Waals surface area (Å²) >= 11 is 0. The monoisotopic (exact) mass is 240 g/mol. The molecule has 3 nitrogen and oxygen atoms in total. The van der Waals surface area contributed by atoms with Gasteiger partial charge in [-0.25, -0.2) is 0 Å². The van der Waals surface area contributed by atoms with E-state index in [4.69, 9.17) is 5.73 Å². The van der Waals surface area contributed by atoms with Gasteiger partial charge in [-0.15, -0.1) is 0 Å². The van der Waals surface area contributed by atoms with Crippen LogP contribution in [0.3, 0.4) is 0 Å². The first-order chi connectivity index (χ1) is 8.15. The van der Waals surface area contributed by atoms with Gasteiger partial charge in [0.25, 0.3) is 0 Å². The molecule has 0 saturated heterocycles. The van der Waals surface area contributed by atoms with Gasteiger partial charge < -0.3 is 10.6 Å². The van der Waals surface area contributed by atoms with Crippen LogP contribution in [0.5, 0.6) is 0 Å². The maximum Gasteiger partial charge on any atom is 0.222 e. The van der Waals surface area contributed by atoms with Crippen molar-refractivity contribution in [2.75, 3.05) is 13.1 Å². The Morgan fingerprint density at radius 2 is 1.88 bits per heavy atom. The summed E-state index contributed by atoms with van der Waals surface area (Å²) in [6.07, 6.45) is 7.58. The van der Waals surface area contributed by atoms with Crippen molar-refractivity contribution in [1.82, 2.24) is 4.90 Å². The second-order valence-corrected chi connectivity index (χ2v) is 5.62. The minimum absolute atomic E-state index is 0.369. The highest BCUT2D eigenvalue weighted by Crippen LogP contribution is 2.28. The normalized spacial score (nSPS) is 15.3. The van der Waals surface area contributed by atoms with Crippen LogP contribution in [0.2, 0.25) is 0 Å². The minimum atomic E-state index is 0.369. The molecule has 1 aliphatic rings. The first kappa shape index (κ1) is 14.5. The Balaban J connectivity index is 2.18. The van der Waals surface area contributed by atoms with Crippen molar-refractivity contribution < 1.29 is 4.79 Å². The van der Waals surface area contributed by atoms with Gasteiger partial charge in [-0.2, -0.15) is 0 Å². The molecule has 0 aliphatic heterocycles. The standard InChI is InChI=1S/C14H28N2O/c1-12(2)11-16(13-8-9-13)14(17)7-5-3-4-6-10-15/h12-13H,3-11,15H2,1-2H3. The van der Waals surface area contributed by atoms with Crippen molar-refractivity contribution >= 4 is 5.91 Å². The molecular weight excluding hydrogens is 212 g/mol. The minimum Gasteiger partial charge on any atom is -0.339 e. The molecule has 1 fully saturated rings. The predicted octanol–water partition coefficient (Wildman–Crippen LogP) is 2.54.